The number of benzene rings is 3. The van der Waals surface area contributed by atoms with Crippen molar-refractivity contribution >= 4 is 17.1 Å². The number of nitrogens with zero attached hydrogens (tertiary/aromatic N) is 1. The molecule has 0 saturated heterocycles. The summed E-state index contributed by atoms with van der Waals surface area (Å²) in [5, 5.41) is 0. The highest BCUT2D eigenvalue weighted by molar-refractivity contribution is 5.81. The van der Waals surface area contributed by atoms with Gasteiger partial charge in [-0.1, -0.05) is 96.1 Å². The van der Waals surface area contributed by atoms with Gasteiger partial charge in [0, 0.05) is 17.1 Å². The fourth-order valence-corrected chi connectivity index (χ4v) is 3.59. The van der Waals surface area contributed by atoms with Crippen LogP contribution in [0.25, 0.3) is 0 Å². The van der Waals surface area contributed by atoms with E-state index in [2.05, 4.69) is 125 Å². The molecule has 0 atom stereocenters. The second-order valence-electron chi connectivity index (χ2n) is 9.21. The summed E-state index contributed by atoms with van der Waals surface area (Å²) in [4.78, 5) is 2.42. The lowest BCUT2D eigenvalue weighted by atomic mass is 9.83. The van der Waals surface area contributed by atoms with E-state index in [-0.39, 0.29) is 10.8 Å². The molecule has 1 heteroatoms. The van der Waals surface area contributed by atoms with Crippen LogP contribution in [0, 0.1) is 0 Å². The summed E-state index contributed by atoms with van der Waals surface area (Å²) >= 11 is 0. The van der Waals surface area contributed by atoms with Gasteiger partial charge in [-0.25, -0.2) is 0 Å². The molecule has 0 aliphatic heterocycles. The van der Waals surface area contributed by atoms with Crippen LogP contribution in [0.1, 0.15) is 52.7 Å². The summed E-state index contributed by atoms with van der Waals surface area (Å²) in [5.74, 6) is 0. The van der Waals surface area contributed by atoms with Crippen molar-refractivity contribution < 1.29 is 0 Å². The van der Waals surface area contributed by atoms with E-state index in [0.29, 0.717) is 0 Å². The van der Waals surface area contributed by atoms with Gasteiger partial charge in [0.25, 0.3) is 0 Å². The van der Waals surface area contributed by atoms with Gasteiger partial charge in [-0.2, -0.15) is 0 Å². The van der Waals surface area contributed by atoms with Crippen molar-refractivity contribution in [3.63, 3.8) is 0 Å². The third-order valence-corrected chi connectivity index (χ3v) is 4.92. The van der Waals surface area contributed by atoms with Gasteiger partial charge in [0.05, 0.1) is 0 Å². The summed E-state index contributed by atoms with van der Waals surface area (Å²) < 4.78 is 0. The maximum atomic E-state index is 2.42. The van der Waals surface area contributed by atoms with E-state index in [9.17, 15) is 0 Å². The number of rotatable bonds is 3. The van der Waals surface area contributed by atoms with E-state index in [1.54, 1.807) is 0 Å². The summed E-state index contributed by atoms with van der Waals surface area (Å²) in [5.41, 5.74) is 6.47. The highest BCUT2D eigenvalue weighted by atomic mass is 15.1. The topological polar surface area (TPSA) is 3.24 Å². The smallest absolute Gasteiger partial charge is 0.0499 e. The van der Waals surface area contributed by atoms with Crippen LogP contribution in [0.4, 0.5) is 17.1 Å². The number of anilines is 3. The molecule has 0 aliphatic rings. The molecule has 0 fully saturated rings. The molecule has 0 heterocycles. The van der Waals surface area contributed by atoms with Crippen LogP contribution in [-0.2, 0) is 10.8 Å². The predicted octanol–water partition coefficient (Wildman–Crippen LogP) is 7.75. The van der Waals surface area contributed by atoms with Gasteiger partial charge in [-0.05, 0) is 46.2 Å². The van der Waals surface area contributed by atoms with Crippen LogP contribution in [0.2, 0.25) is 0 Å². The minimum atomic E-state index is 0.0559. The third-order valence-electron chi connectivity index (χ3n) is 4.92. The van der Waals surface area contributed by atoms with Crippen molar-refractivity contribution in [2.45, 2.75) is 52.4 Å². The van der Waals surface area contributed by atoms with Crippen LogP contribution in [0.5, 0.6) is 0 Å². The average molecular weight is 358 g/mol. The molecule has 0 bridgehead atoms. The monoisotopic (exact) mass is 357 g/mol. The van der Waals surface area contributed by atoms with Crippen molar-refractivity contribution in [2.75, 3.05) is 4.90 Å². The number of para-hydroxylation sites is 3. The fourth-order valence-electron chi connectivity index (χ4n) is 3.59. The summed E-state index contributed by atoms with van der Waals surface area (Å²) in [6, 6.07) is 28.2. The van der Waals surface area contributed by atoms with E-state index in [1.165, 1.54) is 28.2 Å². The zero-order valence-corrected chi connectivity index (χ0v) is 17.5. The Balaban J connectivity index is 2.32. The van der Waals surface area contributed by atoms with E-state index < -0.39 is 0 Å². The maximum Gasteiger partial charge on any atom is 0.0499 e. The Hall–Kier alpha value is -2.54. The van der Waals surface area contributed by atoms with E-state index in [1.807, 2.05) is 0 Å². The highest BCUT2D eigenvalue weighted by Crippen LogP contribution is 2.44. The first kappa shape index (κ1) is 19.2. The van der Waals surface area contributed by atoms with Gasteiger partial charge >= 0.3 is 0 Å². The van der Waals surface area contributed by atoms with E-state index >= 15 is 0 Å². The molecule has 0 aromatic heterocycles. The van der Waals surface area contributed by atoms with E-state index in [4.69, 9.17) is 0 Å². The van der Waals surface area contributed by atoms with Crippen LogP contribution < -0.4 is 4.90 Å². The zero-order valence-electron chi connectivity index (χ0n) is 17.5. The highest BCUT2D eigenvalue weighted by Gasteiger charge is 2.26. The Bertz CT molecular complexity index is 838. The minimum Gasteiger partial charge on any atom is -0.310 e. The Kier molecular flexibility index (Phi) is 5.15. The maximum absolute atomic E-state index is 2.42. The molecule has 0 saturated carbocycles. The van der Waals surface area contributed by atoms with Crippen LogP contribution in [0.3, 0.4) is 0 Å². The molecule has 27 heavy (non-hydrogen) atoms. The average Bonchev–Trinajstić information content (AvgIpc) is 2.62. The molecule has 0 radical (unpaired) electrons. The summed E-state index contributed by atoms with van der Waals surface area (Å²) in [7, 11) is 0. The summed E-state index contributed by atoms with van der Waals surface area (Å²) in [6.07, 6.45) is 0. The van der Waals surface area contributed by atoms with Crippen molar-refractivity contribution in [2.24, 2.45) is 0 Å². The molecule has 0 aliphatic carbocycles. The Labute approximate surface area is 164 Å². The van der Waals surface area contributed by atoms with E-state index in [0.717, 1.165) is 0 Å². The fraction of sp³-hybridized carbons (Fsp3) is 0.308. The molecule has 3 aromatic carbocycles. The molecule has 3 aromatic rings. The Morgan fingerprint density at radius 1 is 0.481 bits per heavy atom. The Morgan fingerprint density at radius 2 is 0.852 bits per heavy atom. The SMILES string of the molecule is CC(C)(C)c1ccccc1N(c1ccccc1)c1ccccc1C(C)(C)C. The zero-order chi connectivity index (χ0) is 19.7. The quantitative estimate of drug-likeness (QED) is 0.463. The molecule has 0 amide bonds. The second kappa shape index (κ2) is 7.23. The van der Waals surface area contributed by atoms with Gasteiger partial charge in [0.1, 0.15) is 0 Å². The van der Waals surface area contributed by atoms with Crippen molar-refractivity contribution in [3.8, 4) is 0 Å². The van der Waals surface area contributed by atoms with Gasteiger partial charge in [-0.15, -0.1) is 0 Å². The van der Waals surface area contributed by atoms with Crippen molar-refractivity contribution in [3.05, 3.63) is 90.0 Å². The first-order valence-corrected chi connectivity index (χ1v) is 9.74. The molecule has 0 N–H and O–H groups in total. The number of hydrogen-bond donors (Lipinski definition) is 0. The lowest BCUT2D eigenvalue weighted by Crippen LogP contribution is -2.22. The van der Waals surface area contributed by atoms with Gasteiger partial charge in [0.15, 0.2) is 0 Å². The van der Waals surface area contributed by atoms with Gasteiger partial charge in [-0.3, -0.25) is 0 Å². The van der Waals surface area contributed by atoms with Gasteiger partial charge < -0.3 is 4.90 Å². The molecule has 0 unspecified atom stereocenters. The first-order chi connectivity index (χ1) is 12.7. The minimum absolute atomic E-state index is 0.0559. The predicted molar refractivity (Wildman–Crippen MR) is 119 cm³/mol. The molecule has 3 rings (SSSR count). The lowest BCUT2D eigenvalue weighted by molar-refractivity contribution is 0.587. The Morgan fingerprint density at radius 3 is 1.26 bits per heavy atom. The molecule has 0 spiro atoms. The second-order valence-corrected chi connectivity index (χ2v) is 9.21. The molecular formula is C26H31N. The van der Waals surface area contributed by atoms with Gasteiger partial charge in [0.2, 0.25) is 0 Å². The molecule has 140 valence electrons. The first-order valence-electron chi connectivity index (χ1n) is 9.74. The van der Waals surface area contributed by atoms with Crippen LogP contribution in [-0.4, -0.2) is 0 Å². The van der Waals surface area contributed by atoms with Crippen LogP contribution >= 0.6 is 0 Å². The van der Waals surface area contributed by atoms with Crippen LogP contribution in [0.15, 0.2) is 78.9 Å². The number of hydrogen-bond acceptors (Lipinski definition) is 1. The van der Waals surface area contributed by atoms with Crippen molar-refractivity contribution in [1.82, 2.24) is 0 Å². The van der Waals surface area contributed by atoms with Crippen molar-refractivity contribution in [1.29, 1.82) is 0 Å². The summed E-state index contributed by atoms with van der Waals surface area (Å²) in [6.45, 7) is 13.7. The molecular weight excluding hydrogens is 326 g/mol. The standard InChI is InChI=1S/C26H31N/c1-25(2,3)21-16-10-12-18-23(21)27(20-14-8-7-9-15-20)24-19-13-11-17-22(24)26(4,5)6/h7-19H,1-6H3. The third kappa shape index (κ3) is 4.08. The largest absolute Gasteiger partial charge is 0.310 e. The lowest BCUT2D eigenvalue weighted by Gasteiger charge is -2.35. The molecule has 1 nitrogen and oxygen atoms in total. The normalized spacial score (nSPS) is 12.1.